The number of nitrogens with zero attached hydrogens (tertiary/aromatic N) is 3. The van der Waals surface area contributed by atoms with Crippen LogP contribution in [0.25, 0.3) is 55.6 Å². The fourth-order valence-corrected chi connectivity index (χ4v) is 10.8. The molecule has 7 rings (SSSR count). The Morgan fingerprint density at radius 3 is 2.00 bits per heavy atom. The maximum atomic E-state index is 9.39. The minimum Gasteiger partial charge on any atom is -0.501 e. The van der Waals surface area contributed by atoms with E-state index in [4.69, 9.17) is 9.40 Å². The summed E-state index contributed by atoms with van der Waals surface area (Å²) in [6.45, 7) is 19.5. The largest absolute Gasteiger partial charge is 0.501 e. The van der Waals surface area contributed by atoms with Crippen molar-refractivity contribution >= 4 is 35.2 Å². The van der Waals surface area contributed by atoms with E-state index in [1.165, 1.54) is 5.19 Å². The van der Waals surface area contributed by atoms with Crippen LogP contribution < -0.4 is 5.19 Å². The monoisotopic (exact) mass is 906 g/mol. The molecule has 0 fully saturated rings. The molecule has 3 heterocycles. The zero-order valence-corrected chi connectivity index (χ0v) is 36.0. The third-order valence-electron chi connectivity index (χ3n) is 10.8. The van der Waals surface area contributed by atoms with Gasteiger partial charge in [-0.2, -0.15) is 5.26 Å². The quantitative estimate of drug-likeness (QED) is 0.113. The van der Waals surface area contributed by atoms with Gasteiger partial charge in [-0.15, -0.1) is 54.1 Å². The fraction of sp³-hybridized carbons (Fsp3) is 0.271. The first-order valence-corrected chi connectivity index (χ1v) is 21.0. The third-order valence-corrected chi connectivity index (χ3v) is 17.1. The van der Waals surface area contributed by atoms with Crippen LogP contribution in [-0.2, 0) is 20.1 Å². The van der Waals surface area contributed by atoms with Crippen LogP contribution in [0.5, 0.6) is 0 Å². The average Bonchev–Trinajstić information content (AvgIpc) is 3.55. The Morgan fingerprint density at radius 1 is 0.722 bits per heavy atom. The smallest absolute Gasteiger partial charge is 0.122 e. The van der Waals surface area contributed by atoms with Gasteiger partial charge in [0.15, 0.2) is 0 Å². The first kappa shape index (κ1) is 37.6. The van der Waals surface area contributed by atoms with E-state index in [2.05, 4.69) is 69.6 Å². The van der Waals surface area contributed by atoms with Gasteiger partial charge in [0, 0.05) is 40.6 Å². The van der Waals surface area contributed by atoms with E-state index >= 15 is 0 Å². The Bertz CT molecular complexity index is 2410. The number of aromatic nitrogens is 2. The second-order valence-electron chi connectivity index (χ2n) is 15.0. The molecule has 0 unspecified atom stereocenters. The number of benzene rings is 4. The van der Waals surface area contributed by atoms with E-state index in [0.717, 1.165) is 49.8 Å². The molecule has 0 saturated carbocycles. The molecule has 0 spiro atoms. The summed E-state index contributed by atoms with van der Waals surface area (Å²) in [5, 5.41) is 12.6. The van der Waals surface area contributed by atoms with E-state index < -0.39 is 19.9 Å². The van der Waals surface area contributed by atoms with Crippen molar-refractivity contribution in [2.24, 2.45) is 0 Å². The van der Waals surface area contributed by atoms with Crippen LogP contribution in [0.1, 0.15) is 86.6 Å². The predicted octanol–water partition coefficient (Wildman–Crippen LogP) is 12.9. The molecule has 4 aromatic carbocycles. The predicted molar refractivity (Wildman–Crippen MR) is 224 cm³/mol. The van der Waals surface area contributed by atoms with Gasteiger partial charge in [0.2, 0.25) is 0 Å². The molecule has 7 aromatic rings. The molecule has 1 radical (unpaired) electrons. The average molecular weight is 906 g/mol. The summed E-state index contributed by atoms with van der Waals surface area (Å²) >= 11 is 0. The molecule has 0 aliphatic rings. The van der Waals surface area contributed by atoms with Gasteiger partial charge in [-0.25, -0.2) is 0 Å². The molecule has 4 nitrogen and oxygen atoms in total. The van der Waals surface area contributed by atoms with Gasteiger partial charge in [0.1, 0.15) is 5.58 Å². The van der Waals surface area contributed by atoms with Crippen LogP contribution >= 0.6 is 0 Å². The Labute approximate surface area is 338 Å². The van der Waals surface area contributed by atoms with Crippen molar-refractivity contribution in [3.8, 4) is 39.7 Å². The second-order valence-corrected chi connectivity index (χ2v) is 20.4. The number of hydrogen-bond donors (Lipinski definition) is 0. The van der Waals surface area contributed by atoms with Gasteiger partial charge in [-0.1, -0.05) is 114 Å². The van der Waals surface area contributed by atoms with Crippen LogP contribution in [-0.4, -0.2) is 18.0 Å². The van der Waals surface area contributed by atoms with E-state index in [-0.39, 0.29) is 20.1 Å². The molecular weight excluding hydrogens is 855 g/mol. The summed E-state index contributed by atoms with van der Waals surface area (Å²) in [6.07, 6.45) is 3.58. The van der Waals surface area contributed by atoms with Gasteiger partial charge in [-0.3, -0.25) is 0 Å². The topological polar surface area (TPSA) is 62.7 Å². The van der Waals surface area contributed by atoms with E-state index in [1.54, 1.807) is 24.5 Å². The van der Waals surface area contributed by atoms with Crippen LogP contribution in [0.3, 0.4) is 0 Å². The zero-order chi connectivity index (χ0) is 39.7. The van der Waals surface area contributed by atoms with Crippen molar-refractivity contribution in [1.82, 2.24) is 9.97 Å². The number of rotatable bonds is 8. The Kier molecular flexibility index (Phi) is 12.0. The van der Waals surface area contributed by atoms with E-state index in [9.17, 15) is 8.00 Å². The van der Waals surface area contributed by atoms with E-state index in [1.807, 2.05) is 100 Å². The van der Waals surface area contributed by atoms with Gasteiger partial charge in [-0.05, 0) is 80.8 Å². The summed E-state index contributed by atoms with van der Waals surface area (Å²) in [7, 11) is -1.96. The number of fused-ring (bicyclic) bond motifs is 3. The van der Waals surface area contributed by atoms with Gasteiger partial charge >= 0.3 is 0 Å². The van der Waals surface area contributed by atoms with Crippen molar-refractivity contribution in [3.05, 3.63) is 138 Å². The fourth-order valence-electron chi connectivity index (χ4n) is 7.19. The molecule has 0 amide bonds. The number of nitriles is 1. The minimum absolute atomic E-state index is 0. The summed E-state index contributed by atoms with van der Waals surface area (Å²) in [5.41, 5.74) is 10.1. The molecule has 3 aromatic heterocycles. The zero-order valence-electron chi connectivity index (χ0n) is 34.6. The molecule has 54 heavy (non-hydrogen) atoms. The third kappa shape index (κ3) is 8.05. The molecule has 277 valence electrons. The standard InChI is InChI=1S/C37H41N2OSi.C11H8N.Ir/c1-22(2)32-19-28(41(9,24(5)6)25(7)8)20-33(23(3)4)36(32)27-15-16-39-34(18-27)31-12-10-11-30-29-14-13-26(21-38)17-35(29)40-37(30)31;1-2-6-10(7-3-1)11-8-4-5-9-12-11;/h10-11,13-20,22-25H,1-9H3;1-6,8-9H;/q2*-1;/i22D,23D;;. The van der Waals surface area contributed by atoms with Crippen LogP contribution in [0.2, 0.25) is 17.6 Å². The molecule has 0 N–H and O–H groups in total. The van der Waals surface area contributed by atoms with Crippen molar-refractivity contribution < 1.29 is 27.3 Å². The van der Waals surface area contributed by atoms with Crippen molar-refractivity contribution in [1.29, 1.82) is 5.26 Å². The minimum atomic E-state index is -1.96. The van der Waals surface area contributed by atoms with Gasteiger partial charge < -0.3 is 14.4 Å². The molecule has 0 bridgehead atoms. The van der Waals surface area contributed by atoms with E-state index in [0.29, 0.717) is 33.5 Å². The number of pyridine rings is 2. The van der Waals surface area contributed by atoms with Crippen LogP contribution in [0.15, 0.2) is 114 Å². The summed E-state index contributed by atoms with van der Waals surface area (Å²) in [4.78, 5) is 8.96. The van der Waals surface area contributed by atoms with Crippen molar-refractivity contribution in [2.45, 2.75) is 84.8 Å². The van der Waals surface area contributed by atoms with Gasteiger partial charge in [0.25, 0.3) is 0 Å². The maximum absolute atomic E-state index is 9.39. The summed E-state index contributed by atoms with van der Waals surface area (Å²) in [6, 6.07) is 40.3. The summed E-state index contributed by atoms with van der Waals surface area (Å²) < 4.78 is 24.9. The maximum Gasteiger partial charge on any atom is 0.122 e. The molecule has 6 heteroatoms. The van der Waals surface area contributed by atoms with Crippen LogP contribution in [0.4, 0.5) is 0 Å². The van der Waals surface area contributed by atoms with Gasteiger partial charge in [0.05, 0.1) is 25.3 Å². The molecule has 0 saturated heterocycles. The summed E-state index contributed by atoms with van der Waals surface area (Å²) in [5.74, 6) is -1.78. The Morgan fingerprint density at radius 2 is 1.41 bits per heavy atom. The van der Waals surface area contributed by atoms with Crippen molar-refractivity contribution in [3.63, 3.8) is 0 Å². The molecular formula is C48H49IrN3OSi-2. The number of furan rings is 1. The number of hydrogen-bond acceptors (Lipinski definition) is 4. The first-order chi connectivity index (χ1) is 26.0. The molecule has 0 atom stereocenters. The first-order valence-electron chi connectivity index (χ1n) is 19.4. The molecule has 0 aliphatic heterocycles. The Hall–Kier alpha value is -4.66. The second kappa shape index (κ2) is 17.2. The normalized spacial score (nSPS) is 12.5. The molecule has 0 aliphatic carbocycles. The SMILES string of the molecule is [2H]C(C)(C)c1cc([Si](C)(C(C)C)C(C)C)cc(C([2H])(C)C)c1-c1ccnc(-c2[c-]ccc3c2oc2cc(C#N)ccc23)c1.[Ir].[c-]1ccccc1-c1ccccn1. The van der Waals surface area contributed by atoms with Crippen LogP contribution in [0, 0.1) is 23.5 Å². The van der Waals surface area contributed by atoms with Crippen molar-refractivity contribution in [2.75, 3.05) is 0 Å². The Balaban J connectivity index is 0.000000391.